The van der Waals surface area contributed by atoms with Crippen LogP contribution < -0.4 is 14.4 Å². The summed E-state index contributed by atoms with van der Waals surface area (Å²) in [4.78, 5) is 12.6. The van der Waals surface area contributed by atoms with Crippen LogP contribution in [-0.2, 0) is 16.6 Å². The van der Waals surface area contributed by atoms with Gasteiger partial charge in [-0.05, 0) is 72.6 Å². The molecule has 3 aromatic carbocycles. The number of amides is 1. The molecule has 0 radical (unpaired) electrons. The molecule has 0 heterocycles. The summed E-state index contributed by atoms with van der Waals surface area (Å²) < 4.78 is 45.2. The van der Waals surface area contributed by atoms with E-state index in [2.05, 4.69) is 5.32 Å². The van der Waals surface area contributed by atoms with Crippen molar-refractivity contribution >= 4 is 21.6 Å². The fourth-order valence-electron chi connectivity index (χ4n) is 3.07. The summed E-state index contributed by atoms with van der Waals surface area (Å²) >= 11 is 0. The predicted octanol–water partition coefficient (Wildman–Crippen LogP) is 3.90. The van der Waals surface area contributed by atoms with Gasteiger partial charge >= 0.3 is 0 Å². The molecule has 0 saturated carbocycles. The summed E-state index contributed by atoms with van der Waals surface area (Å²) in [5.74, 6) is -0.0802. The molecule has 31 heavy (non-hydrogen) atoms. The van der Waals surface area contributed by atoms with Gasteiger partial charge in [-0.25, -0.2) is 12.8 Å². The van der Waals surface area contributed by atoms with Gasteiger partial charge in [0.25, 0.3) is 15.9 Å². The molecular formula is C23H23FN2O4S. The first-order valence-electron chi connectivity index (χ1n) is 9.48. The maximum absolute atomic E-state index is 13.0. The summed E-state index contributed by atoms with van der Waals surface area (Å²) in [6.45, 7) is 2.00. The van der Waals surface area contributed by atoms with Crippen molar-refractivity contribution in [2.75, 3.05) is 18.5 Å². The van der Waals surface area contributed by atoms with E-state index in [1.807, 2.05) is 0 Å². The zero-order chi connectivity index (χ0) is 22.6. The van der Waals surface area contributed by atoms with Gasteiger partial charge in [0.15, 0.2) is 0 Å². The van der Waals surface area contributed by atoms with E-state index in [-0.39, 0.29) is 23.2 Å². The zero-order valence-electron chi connectivity index (χ0n) is 17.4. The number of nitrogens with one attached hydrogen (secondary N) is 1. The highest BCUT2D eigenvalue weighted by atomic mass is 32.2. The van der Waals surface area contributed by atoms with E-state index in [0.29, 0.717) is 22.6 Å². The number of halogens is 1. The Labute approximate surface area is 181 Å². The van der Waals surface area contributed by atoms with Gasteiger partial charge in [-0.2, -0.15) is 0 Å². The first-order valence-corrected chi connectivity index (χ1v) is 10.9. The standard InChI is InChI=1S/C23H23FN2O4S/c1-16-14-18(23(27)25-15-17-4-7-19(24)8-5-17)6-13-22(16)26(2)31(28,29)21-11-9-20(30-3)10-12-21/h4-14H,15H2,1-3H3,(H,25,27). The van der Waals surface area contributed by atoms with Crippen molar-refractivity contribution in [3.05, 3.63) is 89.2 Å². The van der Waals surface area contributed by atoms with Gasteiger partial charge in [-0.15, -0.1) is 0 Å². The smallest absolute Gasteiger partial charge is 0.264 e. The number of benzene rings is 3. The Morgan fingerprint density at radius 3 is 2.26 bits per heavy atom. The van der Waals surface area contributed by atoms with Crippen LogP contribution in [0, 0.1) is 12.7 Å². The molecule has 0 atom stereocenters. The lowest BCUT2D eigenvalue weighted by Gasteiger charge is -2.22. The molecular weight excluding hydrogens is 419 g/mol. The molecule has 6 nitrogen and oxygen atoms in total. The van der Waals surface area contributed by atoms with Crippen molar-refractivity contribution in [3.63, 3.8) is 0 Å². The van der Waals surface area contributed by atoms with Crippen molar-refractivity contribution in [1.82, 2.24) is 5.32 Å². The van der Waals surface area contributed by atoms with Crippen LogP contribution >= 0.6 is 0 Å². The average molecular weight is 443 g/mol. The van der Waals surface area contributed by atoms with Crippen LogP contribution in [0.25, 0.3) is 0 Å². The van der Waals surface area contributed by atoms with Crippen LogP contribution in [0.4, 0.5) is 10.1 Å². The molecule has 8 heteroatoms. The first-order chi connectivity index (χ1) is 14.7. The molecule has 1 amide bonds. The predicted molar refractivity (Wildman–Crippen MR) is 117 cm³/mol. The Kier molecular flexibility index (Phi) is 6.60. The van der Waals surface area contributed by atoms with E-state index < -0.39 is 10.0 Å². The number of hydrogen-bond donors (Lipinski definition) is 1. The van der Waals surface area contributed by atoms with Gasteiger partial charge in [0.05, 0.1) is 17.7 Å². The number of carbonyl (C=O) groups excluding carboxylic acids is 1. The third-order valence-electron chi connectivity index (χ3n) is 4.88. The van der Waals surface area contributed by atoms with Crippen LogP contribution in [0.1, 0.15) is 21.5 Å². The molecule has 162 valence electrons. The SMILES string of the molecule is COc1ccc(S(=O)(=O)N(C)c2ccc(C(=O)NCc3ccc(F)cc3)cc2C)cc1. The number of rotatable bonds is 7. The molecule has 3 aromatic rings. The molecule has 1 N–H and O–H groups in total. The van der Waals surface area contributed by atoms with Gasteiger partial charge in [-0.1, -0.05) is 12.1 Å². The Morgan fingerprint density at radius 2 is 1.68 bits per heavy atom. The van der Waals surface area contributed by atoms with E-state index in [0.717, 1.165) is 5.56 Å². The third-order valence-corrected chi connectivity index (χ3v) is 6.67. The minimum atomic E-state index is -3.78. The summed E-state index contributed by atoms with van der Waals surface area (Å²) in [5, 5.41) is 2.77. The number of sulfonamides is 1. The van der Waals surface area contributed by atoms with Crippen LogP contribution in [0.2, 0.25) is 0 Å². The maximum Gasteiger partial charge on any atom is 0.264 e. The fraction of sp³-hybridized carbons (Fsp3) is 0.174. The lowest BCUT2D eigenvalue weighted by molar-refractivity contribution is 0.0951. The lowest BCUT2D eigenvalue weighted by atomic mass is 10.1. The zero-order valence-corrected chi connectivity index (χ0v) is 18.2. The van der Waals surface area contributed by atoms with Crippen molar-refractivity contribution < 1.29 is 22.3 Å². The Bertz CT molecular complexity index is 1180. The number of ether oxygens (including phenoxy) is 1. The van der Waals surface area contributed by atoms with Crippen LogP contribution in [0.3, 0.4) is 0 Å². The van der Waals surface area contributed by atoms with Crippen molar-refractivity contribution in [2.24, 2.45) is 0 Å². The Balaban J connectivity index is 1.75. The molecule has 0 aliphatic rings. The van der Waals surface area contributed by atoms with Gasteiger partial charge in [-0.3, -0.25) is 9.10 Å². The van der Waals surface area contributed by atoms with Crippen LogP contribution in [0.15, 0.2) is 71.6 Å². The topological polar surface area (TPSA) is 75.7 Å². The van der Waals surface area contributed by atoms with Crippen molar-refractivity contribution in [1.29, 1.82) is 0 Å². The number of aryl methyl sites for hydroxylation is 1. The number of nitrogens with zero attached hydrogens (tertiary/aromatic N) is 1. The lowest BCUT2D eigenvalue weighted by Crippen LogP contribution is -2.27. The number of carbonyl (C=O) groups is 1. The van der Waals surface area contributed by atoms with Gasteiger partial charge in [0.1, 0.15) is 11.6 Å². The summed E-state index contributed by atoms with van der Waals surface area (Å²) in [6.07, 6.45) is 0. The van der Waals surface area contributed by atoms with Gasteiger partial charge in [0.2, 0.25) is 0 Å². The molecule has 0 aromatic heterocycles. The maximum atomic E-state index is 13.0. The Morgan fingerprint density at radius 1 is 1.03 bits per heavy atom. The van der Waals surface area contributed by atoms with E-state index >= 15 is 0 Å². The number of hydrogen-bond acceptors (Lipinski definition) is 4. The highest BCUT2D eigenvalue weighted by Crippen LogP contribution is 2.27. The van der Waals surface area contributed by atoms with Gasteiger partial charge < -0.3 is 10.1 Å². The average Bonchev–Trinajstić information content (AvgIpc) is 2.78. The first kappa shape index (κ1) is 22.3. The van der Waals surface area contributed by atoms with E-state index in [9.17, 15) is 17.6 Å². The monoisotopic (exact) mass is 442 g/mol. The molecule has 0 bridgehead atoms. The number of methoxy groups -OCH3 is 1. The molecule has 0 aliphatic carbocycles. The quantitative estimate of drug-likeness (QED) is 0.602. The fourth-order valence-corrected chi connectivity index (χ4v) is 4.33. The number of anilines is 1. The molecule has 0 fully saturated rings. The summed E-state index contributed by atoms with van der Waals surface area (Å²) in [7, 11) is -0.797. The normalized spacial score (nSPS) is 11.1. The Hall–Kier alpha value is -3.39. The van der Waals surface area contributed by atoms with Crippen molar-refractivity contribution in [3.8, 4) is 5.75 Å². The minimum Gasteiger partial charge on any atom is -0.497 e. The molecule has 3 rings (SSSR count). The third kappa shape index (κ3) is 5.03. The molecule has 0 spiro atoms. The molecule has 0 saturated heterocycles. The van der Waals surface area contributed by atoms with Gasteiger partial charge in [0, 0.05) is 19.2 Å². The highest BCUT2D eigenvalue weighted by Gasteiger charge is 2.23. The van der Waals surface area contributed by atoms with Crippen LogP contribution in [0.5, 0.6) is 5.75 Å². The summed E-state index contributed by atoms with van der Waals surface area (Å²) in [6, 6.07) is 16.8. The molecule has 0 aliphatic heterocycles. The summed E-state index contributed by atoms with van der Waals surface area (Å²) in [5.41, 5.74) is 2.27. The molecule has 0 unspecified atom stereocenters. The minimum absolute atomic E-state index is 0.135. The van der Waals surface area contributed by atoms with Crippen LogP contribution in [-0.4, -0.2) is 28.5 Å². The highest BCUT2D eigenvalue weighted by molar-refractivity contribution is 7.92. The van der Waals surface area contributed by atoms with E-state index in [1.54, 1.807) is 49.4 Å². The second kappa shape index (κ2) is 9.18. The largest absolute Gasteiger partial charge is 0.497 e. The second-order valence-electron chi connectivity index (χ2n) is 6.96. The second-order valence-corrected chi connectivity index (χ2v) is 8.93. The van der Waals surface area contributed by atoms with E-state index in [1.165, 1.54) is 42.7 Å². The van der Waals surface area contributed by atoms with Crippen molar-refractivity contribution in [2.45, 2.75) is 18.4 Å². The van der Waals surface area contributed by atoms with E-state index in [4.69, 9.17) is 4.74 Å².